The summed E-state index contributed by atoms with van der Waals surface area (Å²) >= 11 is 1.67. The zero-order valence-electron chi connectivity index (χ0n) is 13.3. The molecule has 0 saturated carbocycles. The van der Waals surface area contributed by atoms with Crippen molar-refractivity contribution in [1.29, 1.82) is 0 Å². The van der Waals surface area contributed by atoms with Gasteiger partial charge in [-0.2, -0.15) is 0 Å². The van der Waals surface area contributed by atoms with Crippen LogP contribution in [0.5, 0.6) is 0 Å². The Bertz CT molecular complexity index is 456. The average Bonchev–Trinajstić information content (AvgIpc) is 2.90. The molecule has 0 bridgehead atoms. The second-order valence-electron chi connectivity index (χ2n) is 6.61. The molecule has 1 aliphatic heterocycles. The van der Waals surface area contributed by atoms with Gasteiger partial charge in [-0.15, -0.1) is 11.3 Å². The van der Waals surface area contributed by atoms with Crippen molar-refractivity contribution in [3.05, 3.63) is 16.6 Å². The standard InChI is InChI=1S/C15H25N3O2S/c1-15(2,3)20-14(19)18-7-5-6-12(9-18)17(4)10-13-8-16-11-21-13/h8,11-12H,5-7,9-10H2,1-4H3/t12-/m0/s1. The third-order valence-corrected chi connectivity index (χ3v) is 4.32. The van der Waals surface area contributed by atoms with Crippen molar-refractivity contribution >= 4 is 17.4 Å². The zero-order chi connectivity index (χ0) is 15.5. The van der Waals surface area contributed by atoms with E-state index in [1.54, 1.807) is 11.3 Å². The van der Waals surface area contributed by atoms with Crippen LogP contribution in [-0.2, 0) is 11.3 Å². The number of hydrogen-bond donors (Lipinski definition) is 0. The number of likely N-dealkylation sites (tertiary alicyclic amines) is 1. The minimum Gasteiger partial charge on any atom is -0.444 e. The van der Waals surface area contributed by atoms with E-state index >= 15 is 0 Å². The number of likely N-dealkylation sites (N-methyl/N-ethyl adjacent to an activating group) is 1. The van der Waals surface area contributed by atoms with Crippen LogP contribution in [0, 0.1) is 0 Å². The molecule has 1 aromatic rings. The van der Waals surface area contributed by atoms with Crippen LogP contribution < -0.4 is 0 Å². The Morgan fingerprint density at radius 2 is 2.33 bits per heavy atom. The molecule has 1 saturated heterocycles. The number of carbonyl (C=O) groups is 1. The minimum atomic E-state index is -0.432. The van der Waals surface area contributed by atoms with Gasteiger partial charge in [0.05, 0.1) is 5.51 Å². The average molecular weight is 311 g/mol. The summed E-state index contributed by atoms with van der Waals surface area (Å²) in [4.78, 5) is 21.7. The number of hydrogen-bond acceptors (Lipinski definition) is 5. The number of nitrogens with zero attached hydrogens (tertiary/aromatic N) is 3. The number of thiazole rings is 1. The van der Waals surface area contributed by atoms with E-state index in [0.717, 1.165) is 32.5 Å². The highest BCUT2D eigenvalue weighted by atomic mass is 32.1. The first-order valence-corrected chi connectivity index (χ1v) is 8.28. The molecule has 0 aliphatic carbocycles. The van der Waals surface area contributed by atoms with Gasteiger partial charge >= 0.3 is 6.09 Å². The lowest BCUT2D eigenvalue weighted by Gasteiger charge is -2.38. The van der Waals surface area contributed by atoms with Gasteiger partial charge in [0.1, 0.15) is 5.60 Å². The van der Waals surface area contributed by atoms with E-state index in [9.17, 15) is 4.79 Å². The molecule has 1 atom stereocenters. The van der Waals surface area contributed by atoms with E-state index in [0.29, 0.717) is 6.04 Å². The molecule has 1 aliphatic rings. The molecule has 0 N–H and O–H groups in total. The largest absolute Gasteiger partial charge is 0.444 e. The lowest BCUT2D eigenvalue weighted by molar-refractivity contribution is 0.0121. The fraction of sp³-hybridized carbons (Fsp3) is 0.733. The number of piperidine rings is 1. The molecule has 1 amide bonds. The van der Waals surface area contributed by atoms with Crippen molar-refractivity contribution < 1.29 is 9.53 Å². The molecule has 0 aromatic carbocycles. The predicted octanol–water partition coefficient (Wildman–Crippen LogP) is 2.97. The molecule has 1 fully saturated rings. The summed E-state index contributed by atoms with van der Waals surface area (Å²) in [6, 6.07) is 0.383. The third kappa shape index (κ3) is 4.97. The molecule has 118 valence electrons. The Balaban J connectivity index is 1.89. The topological polar surface area (TPSA) is 45.7 Å². The van der Waals surface area contributed by atoms with Crippen LogP contribution in [0.2, 0.25) is 0 Å². The van der Waals surface area contributed by atoms with Gasteiger partial charge < -0.3 is 9.64 Å². The van der Waals surface area contributed by atoms with Gasteiger partial charge in [-0.05, 0) is 40.7 Å². The van der Waals surface area contributed by atoms with Gasteiger partial charge in [-0.3, -0.25) is 9.88 Å². The van der Waals surface area contributed by atoms with Crippen LogP contribution >= 0.6 is 11.3 Å². The Morgan fingerprint density at radius 1 is 1.57 bits per heavy atom. The third-order valence-electron chi connectivity index (χ3n) is 3.56. The van der Waals surface area contributed by atoms with Crippen LogP contribution in [0.15, 0.2) is 11.7 Å². The summed E-state index contributed by atoms with van der Waals surface area (Å²) in [5.41, 5.74) is 1.43. The first-order valence-electron chi connectivity index (χ1n) is 7.41. The van der Waals surface area contributed by atoms with Gasteiger partial charge in [0.15, 0.2) is 0 Å². The van der Waals surface area contributed by atoms with Crippen molar-refractivity contribution in [2.45, 2.75) is 51.8 Å². The number of aromatic nitrogens is 1. The maximum absolute atomic E-state index is 12.2. The molecule has 21 heavy (non-hydrogen) atoms. The summed E-state index contributed by atoms with van der Waals surface area (Å²) in [5.74, 6) is 0. The zero-order valence-corrected chi connectivity index (χ0v) is 14.2. The molecule has 1 aromatic heterocycles. The van der Waals surface area contributed by atoms with E-state index in [4.69, 9.17) is 4.74 Å². The maximum Gasteiger partial charge on any atom is 0.410 e. The molecule has 0 unspecified atom stereocenters. The lowest BCUT2D eigenvalue weighted by atomic mass is 10.0. The van der Waals surface area contributed by atoms with E-state index < -0.39 is 5.60 Å². The molecular weight excluding hydrogens is 286 g/mol. The predicted molar refractivity (Wildman–Crippen MR) is 84.4 cm³/mol. The molecule has 0 radical (unpaired) electrons. The molecule has 5 nitrogen and oxygen atoms in total. The summed E-state index contributed by atoms with van der Waals surface area (Å²) in [7, 11) is 2.11. The van der Waals surface area contributed by atoms with Crippen LogP contribution in [-0.4, -0.2) is 52.7 Å². The molecule has 6 heteroatoms. The van der Waals surface area contributed by atoms with Crippen molar-refractivity contribution in [2.24, 2.45) is 0 Å². The van der Waals surface area contributed by atoms with Crippen molar-refractivity contribution in [1.82, 2.24) is 14.8 Å². The van der Waals surface area contributed by atoms with E-state index in [-0.39, 0.29) is 6.09 Å². The van der Waals surface area contributed by atoms with Crippen LogP contribution in [0.1, 0.15) is 38.5 Å². The number of ether oxygens (including phenoxy) is 1. The molecule has 2 heterocycles. The monoisotopic (exact) mass is 311 g/mol. The Labute approximate surface area is 130 Å². The highest BCUT2D eigenvalue weighted by Gasteiger charge is 2.29. The van der Waals surface area contributed by atoms with Gasteiger partial charge in [0.25, 0.3) is 0 Å². The first-order chi connectivity index (χ1) is 9.85. The maximum atomic E-state index is 12.2. The second-order valence-corrected chi connectivity index (χ2v) is 7.58. The number of rotatable bonds is 3. The summed E-state index contributed by atoms with van der Waals surface area (Å²) in [6.07, 6.45) is 3.86. The van der Waals surface area contributed by atoms with Crippen LogP contribution in [0.25, 0.3) is 0 Å². The molecule has 2 rings (SSSR count). The van der Waals surface area contributed by atoms with Crippen LogP contribution in [0.4, 0.5) is 4.79 Å². The fourth-order valence-electron chi connectivity index (χ4n) is 2.50. The van der Waals surface area contributed by atoms with Crippen LogP contribution in [0.3, 0.4) is 0 Å². The normalized spacial score (nSPS) is 19.9. The highest BCUT2D eigenvalue weighted by molar-refractivity contribution is 7.09. The number of carbonyl (C=O) groups excluding carboxylic acids is 1. The van der Waals surface area contributed by atoms with Gasteiger partial charge in [-0.25, -0.2) is 4.79 Å². The smallest absolute Gasteiger partial charge is 0.410 e. The lowest BCUT2D eigenvalue weighted by Crippen LogP contribution is -2.49. The summed E-state index contributed by atoms with van der Waals surface area (Å²) < 4.78 is 5.47. The minimum absolute atomic E-state index is 0.196. The van der Waals surface area contributed by atoms with Crippen molar-refractivity contribution in [2.75, 3.05) is 20.1 Å². The second kappa shape index (κ2) is 6.75. The Kier molecular flexibility index (Phi) is 5.22. The van der Waals surface area contributed by atoms with Gasteiger partial charge in [0, 0.05) is 36.8 Å². The van der Waals surface area contributed by atoms with Gasteiger partial charge in [-0.1, -0.05) is 0 Å². The van der Waals surface area contributed by atoms with E-state index in [1.807, 2.05) is 37.4 Å². The van der Waals surface area contributed by atoms with Crippen molar-refractivity contribution in [3.8, 4) is 0 Å². The van der Waals surface area contributed by atoms with Crippen molar-refractivity contribution in [3.63, 3.8) is 0 Å². The first kappa shape index (κ1) is 16.2. The van der Waals surface area contributed by atoms with Gasteiger partial charge in [0.2, 0.25) is 0 Å². The summed E-state index contributed by atoms with van der Waals surface area (Å²) in [5, 5.41) is 0. The quantitative estimate of drug-likeness (QED) is 0.861. The SMILES string of the molecule is CN(Cc1cncs1)[C@H]1CCCN(C(=O)OC(C)(C)C)C1. The molecule has 0 spiro atoms. The Hall–Kier alpha value is -1.14. The Morgan fingerprint density at radius 3 is 2.95 bits per heavy atom. The summed E-state index contributed by atoms with van der Waals surface area (Å²) in [6.45, 7) is 8.13. The highest BCUT2D eigenvalue weighted by Crippen LogP contribution is 2.20. The molecular formula is C15H25N3O2S. The number of amides is 1. The van der Waals surface area contributed by atoms with E-state index in [2.05, 4.69) is 16.9 Å². The van der Waals surface area contributed by atoms with E-state index in [1.165, 1.54) is 4.88 Å². The fourth-order valence-corrected chi connectivity index (χ4v) is 3.16.